The summed E-state index contributed by atoms with van der Waals surface area (Å²) < 4.78 is 6.00. The van der Waals surface area contributed by atoms with Crippen molar-refractivity contribution in [3.63, 3.8) is 0 Å². The van der Waals surface area contributed by atoms with E-state index in [0.29, 0.717) is 0 Å². The Hall–Kier alpha value is -0.946. The van der Waals surface area contributed by atoms with Crippen molar-refractivity contribution in [2.24, 2.45) is 0 Å². The van der Waals surface area contributed by atoms with Crippen LogP contribution in [0.1, 0.15) is 11.1 Å². The Bertz CT molecular complexity index is 581. The van der Waals surface area contributed by atoms with E-state index in [1.54, 1.807) is 0 Å². The van der Waals surface area contributed by atoms with E-state index in [1.165, 1.54) is 21.5 Å². The third-order valence-corrected chi connectivity index (χ3v) is 7.20. The van der Waals surface area contributed by atoms with E-state index in [4.69, 9.17) is 4.74 Å². The minimum atomic E-state index is -1.65. The van der Waals surface area contributed by atoms with Crippen LogP contribution in [0.3, 0.4) is 0 Å². The van der Waals surface area contributed by atoms with Crippen molar-refractivity contribution in [2.45, 2.75) is 26.9 Å². The standard InChI is InChI=1S/C16H17OSi.Li/c1-11-5-7-13-15(9-11)18(3,4)16-10-12(2)6-8-14(16)17-13;/h5-7,9-10H,1-4H3;/q-1;+1. The largest absolute Gasteiger partial charge is 1.00 e. The second-order valence-electron chi connectivity index (χ2n) is 5.65. The zero-order valence-corrected chi connectivity index (χ0v) is 13.3. The zero-order valence-electron chi connectivity index (χ0n) is 12.3. The maximum Gasteiger partial charge on any atom is 1.00 e. The molecule has 1 aliphatic heterocycles. The first-order chi connectivity index (χ1) is 8.48. The van der Waals surface area contributed by atoms with Crippen LogP contribution in [0.2, 0.25) is 13.1 Å². The molecule has 0 amide bonds. The maximum absolute atomic E-state index is 6.00. The molecule has 0 spiro atoms. The van der Waals surface area contributed by atoms with E-state index < -0.39 is 8.07 Å². The fourth-order valence-electron chi connectivity index (χ4n) is 2.62. The van der Waals surface area contributed by atoms with Crippen LogP contribution in [-0.2, 0) is 0 Å². The van der Waals surface area contributed by atoms with E-state index in [0.717, 1.165) is 11.5 Å². The van der Waals surface area contributed by atoms with Crippen LogP contribution in [-0.4, -0.2) is 8.07 Å². The van der Waals surface area contributed by atoms with Crippen LogP contribution in [0.4, 0.5) is 0 Å². The summed E-state index contributed by atoms with van der Waals surface area (Å²) in [6.07, 6.45) is 0. The summed E-state index contributed by atoms with van der Waals surface area (Å²) in [6.45, 7) is 9.04. The van der Waals surface area contributed by atoms with Gasteiger partial charge in [-0.05, 0) is 18.2 Å². The fourth-order valence-corrected chi connectivity index (χ4v) is 5.53. The summed E-state index contributed by atoms with van der Waals surface area (Å²) in [4.78, 5) is 0. The number of rotatable bonds is 0. The molecule has 0 aromatic heterocycles. The Morgan fingerprint density at radius 3 is 2.42 bits per heavy atom. The summed E-state index contributed by atoms with van der Waals surface area (Å²) in [7, 11) is -1.65. The molecule has 0 aliphatic carbocycles. The molecule has 0 bridgehead atoms. The van der Waals surface area contributed by atoms with Crippen LogP contribution in [0.15, 0.2) is 30.3 Å². The monoisotopic (exact) mass is 260 g/mol. The average molecular weight is 260 g/mol. The van der Waals surface area contributed by atoms with Crippen LogP contribution < -0.4 is 34.0 Å². The smallest absolute Gasteiger partial charge is 0.483 e. The zero-order chi connectivity index (χ0) is 12.9. The molecule has 0 N–H and O–H groups in total. The van der Waals surface area contributed by atoms with Gasteiger partial charge in [0.25, 0.3) is 0 Å². The molecule has 19 heavy (non-hydrogen) atoms. The normalized spacial score (nSPS) is 14.7. The van der Waals surface area contributed by atoms with Gasteiger partial charge in [-0.2, -0.15) is 17.7 Å². The van der Waals surface area contributed by atoms with Gasteiger partial charge in [0.2, 0.25) is 0 Å². The van der Waals surface area contributed by atoms with Gasteiger partial charge in [0.05, 0.1) is 8.07 Å². The van der Waals surface area contributed by atoms with Crippen LogP contribution >= 0.6 is 0 Å². The summed E-state index contributed by atoms with van der Waals surface area (Å²) in [6, 6.07) is 14.0. The molecule has 3 rings (SSSR count). The average Bonchev–Trinajstić information content (AvgIpc) is 2.32. The van der Waals surface area contributed by atoms with E-state index in [2.05, 4.69) is 57.3 Å². The number of benzene rings is 2. The van der Waals surface area contributed by atoms with Gasteiger partial charge in [0.15, 0.2) is 0 Å². The van der Waals surface area contributed by atoms with E-state index in [1.807, 2.05) is 6.07 Å². The van der Waals surface area contributed by atoms with Gasteiger partial charge in [-0.15, -0.1) is 11.3 Å². The Balaban J connectivity index is 0.00000133. The van der Waals surface area contributed by atoms with E-state index in [-0.39, 0.29) is 18.9 Å². The predicted molar refractivity (Wildman–Crippen MR) is 78.0 cm³/mol. The van der Waals surface area contributed by atoms with Crippen molar-refractivity contribution in [1.82, 2.24) is 0 Å². The molecule has 1 aliphatic rings. The Morgan fingerprint density at radius 2 is 1.68 bits per heavy atom. The molecule has 2 aromatic carbocycles. The van der Waals surface area contributed by atoms with Gasteiger partial charge in [0, 0.05) is 5.75 Å². The molecule has 1 nitrogen and oxygen atoms in total. The number of fused-ring (bicyclic) bond motifs is 2. The summed E-state index contributed by atoms with van der Waals surface area (Å²) in [5.41, 5.74) is 2.56. The van der Waals surface area contributed by atoms with E-state index in [9.17, 15) is 0 Å². The molecular weight excluding hydrogens is 243 g/mol. The van der Waals surface area contributed by atoms with Crippen molar-refractivity contribution >= 4 is 18.4 Å². The van der Waals surface area contributed by atoms with Crippen molar-refractivity contribution < 1.29 is 23.6 Å². The molecule has 2 aromatic rings. The molecule has 0 saturated carbocycles. The molecule has 0 fully saturated rings. The first-order valence-corrected chi connectivity index (χ1v) is 9.30. The summed E-state index contributed by atoms with van der Waals surface area (Å²) >= 11 is 0. The SMILES string of the molecule is Cc1c[c-]c2c(c1)[Si](C)(C)c1cc(C)ccc1O2.[Li+]. The summed E-state index contributed by atoms with van der Waals surface area (Å²) in [5.74, 6) is 1.94. The third kappa shape index (κ3) is 2.29. The number of hydrogen-bond acceptors (Lipinski definition) is 1. The minimum Gasteiger partial charge on any atom is -0.483 e. The van der Waals surface area contributed by atoms with Gasteiger partial charge >= 0.3 is 18.9 Å². The molecule has 3 heteroatoms. The first-order valence-electron chi connectivity index (χ1n) is 6.30. The van der Waals surface area contributed by atoms with Crippen molar-refractivity contribution in [3.05, 3.63) is 47.5 Å². The maximum atomic E-state index is 6.00. The molecule has 1 heterocycles. The van der Waals surface area contributed by atoms with Crippen molar-refractivity contribution in [1.29, 1.82) is 0 Å². The van der Waals surface area contributed by atoms with E-state index >= 15 is 0 Å². The van der Waals surface area contributed by atoms with Gasteiger partial charge in [-0.3, -0.25) is 0 Å². The van der Waals surface area contributed by atoms with Crippen LogP contribution in [0.5, 0.6) is 11.5 Å². The second-order valence-corrected chi connectivity index (χ2v) is 9.97. The molecule has 0 radical (unpaired) electrons. The number of aryl methyl sites for hydroxylation is 2. The van der Waals surface area contributed by atoms with Crippen molar-refractivity contribution in [3.8, 4) is 11.5 Å². The predicted octanol–water partition coefficient (Wildman–Crippen LogP) is 0.0359. The molecular formula is C16H17LiOSi. The van der Waals surface area contributed by atoms with Gasteiger partial charge < -0.3 is 4.74 Å². The number of ether oxygens (including phenoxy) is 1. The third-order valence-electron chi connectivity index (χ3n) is 3.74. The quantitative estimate of drug-likeness (QED) is 0.480. The van der Waals surface area contributed by atoms with Crippen LogP contribution in [0, 0.1) is 19.9 Å². The van der Waals surface area contributed by atoms with Crippen molar-refractivity contribution in [2.75, 3.05) is 0 Å². The molecule has 0 saturated heterocycles. The van der Waals surface area contributed by atoms with Crippen LogP contribution in [0.25, 0.3) is 0 Å². The van der Waals surface area contributed by atoms with Gasteiger partial charge in [-0.1, -0.05) is 37.7 Å². The van der Waals surface area contributed by atoms with Gasteiger partial charge in [-0.25, -0.2) is 0 Å². The summed E-state index contributed by atoms with van der Waals surface area (Å²) in [5, 5.41) is 2.76. The fraction of sp³-hybridized carbons (Fsp3) is 0.250. The first kappa shape index (κ1) is 14.5. The molecule has 92 valence electrons. The Kier molecular flexibility index (Phi) is 3.70. The Labute approximate surface area is 128 Å². The molecule has 0 unspecified atom stereocenters. The molecule has 0 atom stereocenters. The number of hydrogen-bond donors (Lipinski definition) is 0. The van der Waals surface area contributed by atoms with Gasteiger partial charge in [0.1, 0.15) is 5.75 Å². The Morgan fingerprint density at radius 1 is 1.00 bits per heavy atom. The topological polar surface area (TPSA) is 9.23 Å². The minimum absolute atomic E-state index is 0. The second kappa shape index (κ2) is 4.87.